The lowest BCUT2D eigenvalue weighted by atomic mass is 10.1. The third-order valence-electron chi connectivity index (χ3n) is 3.61. The summed E-state index contributed by atoms with van der Waals surface area (Å²) in [6, 6.07) is 0. The quantitative estimate of drug-likeness (QED) is 0.389. The first-order valence-corrected chi connectivity index (χ1v) is 6.47. The molecule has 0 radical (unpaired) electrons. The van der Waals surface area contributed by atoms with E-state index in [0.717, 1.165) is 10.9 Å². The zero-order valence-corrected chi connectivity index (χ0v) is 11.5. The van der Waals surface area contributed by atoms with Gasteiger partial charge >= 0.3 is 6.09 Å². The van der Waals surface area contributed by atoms with Crippen LogP contribution in [0.15, 0.2) is 11.1 Å². The number of anilines is 1. The molecule has 2 aromatic heterocycles. The van der Waals surface area contributed by atoms with Gasteiger partial charge in [-0.1, -0.05) is 0 Å². The summed E-state index contributed by atoms with van der Waals surface area (Å²) < 4.78 is 6.69. The predicted octanol–water partition coefficient (Wildman–Crippen LogP) is -2.69. The number of carbonyl (C=O) groups is 1. The number of hydrogen-bond acceptors (Lipinski definition) is 9. The van der Waals surface area contributed by atoms with Gasteiger partial charge in [0.1, 0.15) is 18.3 Å². The predicted molar refractivity (Wildman–Crippen MR) is 72.6 cm³/mol. The number of nitrogens with zero attached hydrogens (tertiary/aromatic N) is 4. The van der Waals surface area contributed by atoms with Crippen molar-refractivity contribution in [3.05, 3.63) is 16.7 Å². The molecule has 6 N–H and O–H groups in total. The van der Waals surface area contributed by atoms with Gasteiger partial charge in [-0.3, -0.25) is 9.36 Å². The fourth-order valence-corrected chi connectivity index (χ4v) is 2.47. The van der Waals surface area contributed by atoms with Crippen LogP contribution in [-0.2, 0) is 4.74 Å². The van der Waals surface area contributed by atoms with Crippen LogP contribution in [0, 0.1) is 0 Å². The number of ether oxygens (including phenoxy) is 1. The minimum Gasteiger partial charge on any atom is -0.464 e. The third-order valence-corrected chi connectivity index (χ3v) is 3.61. The number of aromatic nitrogens is 4. The molecule has 23 heavy (non-hydrogen) atoms. The van der Waals surface area contributed by atoms with E-state index in [2.05, 4.69) is 9.97 Å². The van der Waals surface area contributed by atoms with Crippen LogP contribution in [0.1, 0.15) is 6.23 Å². The van der Waals surface area contributed by atoms with Crippen LogP contribution in [0.25, 0.3) is 11.2 Å². The van der Waals surface area contributed by atoms with Crippen molar-refractivity contribution >= 4 is 23.2 Å². The molecule has 0 aliphatic carbocycles. The van der Waals surface area contributed by atoms with Crippen LogP contribution >= 0.6 is 0 Å². The average Bonchev–Trinajstić information content (AvgIpc) is 3.01. The summed E-state index contributed by atoms with van der Waals surface area (Å²) in [5.74, 6) is -0.580. The number of nitrogen functional groups attached to an aromatic ring is 1. The largest absolute Gasteiger partial charge is 0.464 e. The Kier molecular flexibility index (Phi) is 3.52. The summed E-state index contributed by atoms with van der Waals surface area (Å²) in [5, 5.41) is 37.8. The van der Waals surface area contributed by atoms with Gasteiger partial charge < -0.3 is 30.9 Å². The van der Waals surface area contributed by atoms with Crippen molar-refractivity contribution < 1.29 is 30.0 Å². The van der Waals surface area contributed by atoms with Crippen LogP contribution in [0.2, 0.25) is 0 Å². The molecule has 2 unspecified atom stereocenters. The molecule has 0 aromatic carbocycles. The van der Waals surface area contributed by atoms with Crippen LogP contribution in [0.5, 0.6) is 0 Å². The van der Waals surface area contributed by atoms with Crippen molar-refractivity contribution in [1.29, 1.82) is 0 Å². The van der Waals surface area contributed by atoms with E-state index in [1.165, 1.54) is 0 Å². The van der Waals surface area contributed by atoms with E-state index >= 15 is 0 Å². The zero-order valence-electron chi connectivity index (χ0n) is 11.5. The van der Waals surface area contributed by atoms with Crippen molar-refractivity contribution in [2.45, 2.75) is 24.5 Å². The Morgan fingerprint density at radius 1 is 1.39 bits per heavy atom. The van der Waals surface area contributed by atoms with E-state index in [0.29, 0.717) is 0 Å². The highest BCUT2D eigenvalue weighted by Crippen LogP contribution is 2.30. The molecule has 3 rings (SSSR count). The SMILES string of the molecule is Nc1nc2c(ncn2[C@@H]2O[C@H](CO)C(O)C2O)c(=O)n1C(=O)O. The van der Waals surface area contributed by atoms with Gasteiger partial charge in [-0.2, -0.15) is 9.55 Å². The van der Waals surface area contributed by atoms with Crippen molar-refractivity contribution in [2.24, 2.45) is 0 Å². The van der Waals surface area contributed by atoms with E-state index in [1.54, 1.807) is 0 Å². The zero-order chi connectivity index (χ0) is 16.9. The second kappa shape index (κ2) is 5.27. The highest BCUT2D eigenvalue weighted by molar-refractivity contribution is 5.78. The van der Waals surface area contributed by atoms with Gasteiger partial charge in [0.2, 0.25) is 5.95 Å². The molecule has 1 aliphatic heterocycles. The molecule has 124 valence electrons. The molecule has 12 heteroatoms. The number of nitrogens with two attached hydrogens (primary N) is 1. The van der Waals surface area contributed by atoms with E-state index in [-0.39, 0.29) is 15.7 Å². The van der Waals surface area contributed by atoms with Gasteiger partial charge in [0, 0.05) is 0 Å². The Bertz CT molecular complexity index is 830. The van der Waals surface area contributed by atoms with Gasteiger partial charge in [0.15, 0.2) is 17.4 Å². The molecule has 0 spiro atoms. The van der Waals surface area contributed by atoms with E-state index in [9.17, 15) is 19.8 Å². The van der Waals surface area contributed by atoms with E-state index in [4.69, 9.17) is 20.7 Å². The average molecular weight is 327 g/mol. The molecule has 2 aromatic rings. The lowest BCUT2D eigenvalue weighted by molar-refractivity contribution is -0.0511. The molecule has 1 aliphatic rings. The van der Waals surface area contributed by atoms with Crippen LogP contribution in [0.3, 0.4) is 0 Å². The number of hydrogen-bond donors (Lipinski definition) is 5. The Labute approximate surface area is 127 Å². The lowest BCUT2D eigenvalue weighted by Gasteiger charge is -2.16. The lowest BCUT2D eigenvalue weighted by Crippen LogP contribution is -2.33. The fourth-order valence-electron chi connectivity index (χ4n) is 2.47. The maximum absolute atomic E-state index is 12.1. The number of imidazole rings is 1. The second-order valence-corrected chi connectivity index (χ2v) is 4.95. The number of rotatable bonds is 2. The topological polar surface area (TPSA) is 186 Å². The van der Waals surface area contributed by atoms with Crippen LogP contribution in [-0.4, -0.2) is 70.5 Å². The molecular weight excluding hydrogens is 314 g/mol. The van der Waals surface area contributed by atoms with Crippen molar-refractivity contribution in [2.75, 3.05) is 12.3 Å². The summed E-state index contributed by atoms with van der Waals surface area (Å²) in [6.07, 6.45) is -5.45. The van der Waals surface area contributed by atoms with Gasteiger partial charge in [-0.15, -0.1) is 0 Å². The molecular formula is C11H13N5O7. The summed E-state index contributed by atoms with van der Waals surface area (Å²) in [7, 11) is 0. The molecule has 0 saturated carbocycles. The van der Waals surface area contributed by atoms with E-state index in [1.807, 2.05) is 0 Å². The number of aliphatic hydroxyl groups is 3. The molecule has 3 heterocycles. The molecule has 4 atom stereocenters. The van der Waals surface area contributed by atoms with Gasteiger partial charge in [-0.05, 0) is 0 Å². The van der Waals surface area contributed by atoms with Crippen LogP contribution < -0.4 is 11.3 Å². The Hall–Kier alpha value is -2.54. The minimum atomic E-state index is -1.61. The van der Waals surface area contributed by atoms with Gasteiger partial charge in [0.05, 0.1) is 12.9 Å². The smallest absolute Gasteiger partial charge is 0.421 e. The number of fused-ring (bicyclic) bond motifs is 1. The standard InChI is InChI=1S/C11H13N5O7/c12-10-14-7-4(8(20)16(10)11(21)22)13-2-15(7)9-6(19)5(18)3(1-17)23-9/h2-3,5-6,9,17-19H,1H2,(H2,12,14)(H,21,22)/t3-,5?,6?,9-/m1/s1. The van der Waals surface area contributed by atoms with Crippen molar-refractivity contribution in [1.82, 2.24) is 19.1 Å². The number of carboxylic acid groups (broad SMARTS) is 1. The third kappa shape index (κ3) is 2.16. The summed E-state index contributed by atoms with van der Waals surface area (Å²) in [5.41, 5.74) is 4.07. The Morgan fingerprint density at radius 2 is 2.09 bits per heavy atom. The highest BCUT2D eigenvalue weighted by atomic mass is 16.6. The summed E-state index contributed by atoms with van der Waals surface area (Å²) in [6.45, 7) is -0.525. The maximum Gasteiger partial charge on any atom is 0.421 e. The van der Waals surface area contributed by atoms with Crippen molar-refractivity contribution in [3.8, 4) is 0 Å². The maximum atomic E-state index is 12.1. The highest BCUT2D eigenvalue weighted by Gasteiger charge is 2.44. The van der Waals surface area contributed by atoms with Crippen molar-refractivity contribution in [3.63, 3.8) is 0 Å². The minimum absolute atomic E-state index is 0.111. The molecule has 0 bridgehead atoms. The first-order valence-electron chi connectivity index (χ1n) is 6.47. The molecule has 1 saturated heterocycles. The van der Waals surface area contributed by atoms with Crippen LogP contribution in [0.4, 0.5) is 10.7 Å². The summed E-state index contributed by atoms with van der Waals surface area (Å²) >= 11 is 0. The second-order valence-electron chi connectivity index (χ2n) is 4.95. The van der Waals surface area contributed by atoms with Gasteiger partial charge in [-0.25, -0.2) is 9.78 Å². The van der Waals surface area contributed by atoms with E-state index < -0.39 is 48.7 Å². The molecule has 12 nitrogen and oxygen atoms in total. The number of aliphatic hydroxyl groups excluding tert-OH is 3. The monoisotopic (exact) mass is 327 g/mol. The first-order chi connectivity index (χ1) is 10.9. The summed E-state index contributed by atoms with van der Waals surface area (Å²) in [4.78, 5) is 30.7. The fraction of sp³-hybridized carbons (Fsp3) is 0.455. The first kappa shape index (κ1) is 15.4. The normalized spacial score (nSPS) is 27.6. The molecule has 0 amide bonds. The molecule has 1 fully saturated rings. The Morgan fingerprint density at radius 3 is 2.65 bits per heavy atom. The van der Waals surface area contributed by atoms with Gasteiger partial charge in [0.25, 0.3) is 5.56 Å². The Balaban J connectivity index is 2.15.